The molecule has 1 amide bonds. The van der Waals surface area contributed by atoms with Crippen LogP contribution in [0.25, 0.3) is 0 Å². The van der Waals surface area contributed by atoms with Gasteiger partial charge in [0.25, 0.3) is 5.91 Å². The first-order chi connectivity index (χ1) is 8.06. The Kier molecular flexibility index (Phi) is 3.29. The number of halogens is 1. The lowest BCUT2D eigenvalue weighted by Crippen LogP contribution is -2.30. The zero-order valence-corrected chi connectivity index (χ0v) is 10.5. The van der Waals surface area contributed by atoms with E-state index in [4.69, 9.17) is 11.6 Å². The molecule has 0 unspecified atom stereocenters. The predicted molar refractivity (Wildman–Crippen MR) is 67.4 cm³/mol. The summed E-state index contributed by atoms with van der Waals surface area (Å²) >= 11 is 5.92. The second-order valence-corrected chi connectivity index (χ2v) is 5.11. The molecule has 1 aliphatic carbocycles. The molecule has 0 saturated heterocycles. The maximum absolute atomic E-state index is 11.9. The molecular weight excluding hydrogens is 238 g/mol. The molecule has 2 N–H and O–H groups in total. The molecule has 0 bridgehead atoms. The Morgan fingerprint density at radius 3 is 2.82 bits per heavy atom. The molecular formula is C13H16ClNO2. The molecule has 4 heteroatoms. The Bertz CT molecular complexity index is 441. The van der Waals surface area contributed by atoms with Gasteiger partial charge in [-0.2, -0.15) is 0 Å². The van der Waals surface area contributed by atoms with Crippen molar-refractivity contribution in [1.82, 2.24) is 5.32 Å². The Labute approximate surface area is 106 Å². The highest BCUT2D eigenvalue weighted by atomic mass is 35.5. The number of phenolic OH excluding ortho intramolecular Hbond substituents is 1. The lowest BCUT2D eigenvalue weighted by molar-refractivity contribution is 0.0944. The van der Waals surface area contributed by atoms with Crippen LogP contribution in [-0.2, 0) is 0 Å². The van der Waals surface area contributed by atoms with Crippen molar-refractivity contribution in [3.05, 3.63) is 28.8 Å². The van der Waals surface area contributed by atoms with E-state index in [0.29, 0.717) is 22.5 Å². The van der Waals surface area contributed by atoms with Gasteiger partial charge < -0.3 is 10.4 Å². The summed E-state index contributed by atoms with van der Waals surface area (Å²) in [4.78, 5) is 11.9. The third-order valence-electron chi connectivity index (χ3n) is 3.53. The average Bonchev–Trinajstić information content (AvgIpc) is 3.10. The molecule has 0 heterocycles. The Hall–Kier alpha value is -1.22. The normalized spacial score (nSPS) is 16.6. The van der Waals surface area contributed by atoms with Crippen LogP contribution in [0.3, 0.4) is 0 Å². The molecule has 0 radical (unpaired) electrons. The van der Waals surface area contributed by atoms with Gasteiger partial charge >= 0.3 is 0 Å². The van der Waals surface area contributed by atoms with E-state index in [2.05, 4.69) is 12.2 Å². The van der Waals surface area contributed by atoms with Crippen molar-refractivity contribution in [3.8, 4) is 5.75 Å². The fourth-order valence-electron chi connectivity index (χ4n) is 1.88. The number of amides is 1. The molecule has 0 aliphatic heterocycles. The third-order valence-corrected chi connectivity index (χ3v) is 3.86. The summed E-state index contributed by atoms with van der Waals surface area (Å²) in [5.74, 6) is -0.165. The first-order valence-corrected chi connectivity index (χ1v) is 6.21. The van der Waals surface area contributed by atoms with Crippen molar-refractivity contribution in [2.45, 2.75) is 26.2 Å². The molecule has 2 rings (SSSR count). The number of nitrogens with one attached hydrogen (secondary N) is 1. The monoisotopic (exact) mass is 253 g/mol. The number of benzene rings is 1. The molecule has 1 aliphatic rings. The van der Waals surface area contributed by atoms with Gasteiger partial charge in [-0.3, -0.25) is 4.79 Å². The Morgan fingerprint density at radius 2 is 2.24 bits per heavy atom. The van der Waals surface area contributed by atoms with Crippen LogP contribution in [0.2, 0.25) is 5.02 Å². The van der Waals surface area contributed by atoms with Gasteiger partial charge in [0.2, 0.25) is 0 Å². The number of carbonyl (C=O) groups excluding carboxylic acids is 1. The summed E-state index contributed by atoms with van der Waals surface area (Å²) in [6.07, 6.45) is 3.44. The van der Waals surface area contributed by atoms with Gasteiger partial charge in [0.05, 0.1) is 10.6 Å². The second-order valence-electron chi connectivity index (χ2n) is 4.70. The predicted octanol–water partition coefficient (Wildman–Crippen LogP) is 2.97. The van der Waals surface area contributed by atoms with Crippen LogP contribution in [-0.4, -0.2) is 17.6 Å². The van der Waals surface area contributed by atoms with Crippen LogP contribution in [0.5, 0.6) is 5.75 Å². The summed E-state index contributed by atoms with van der Waals surface area (Å²) < 4.78 is 0. The molecule has 1 fully saturated rings. The first kappa shape index (κ1) is 12.2. The van der Waals surface area contributed by atoms with E-state index < -0.39 is 0 Å². The van der Waals surface area contributed by atoms with Gasteiger partial charge in [0.15, 0.2) is 0 Å². The maximum Gasteiger partial charge on any atom is 0.252 e. The molecule has 92 valence electrons. The van der Waals surface area contributed by atoms with Crippen molar-refractivity contribution in [1.29, 1.82) is 0 Å². The molecule has 1 aromatic carbocycles. The van der Waals surface area contributed by atoms with E-state index in [-0.39, 0.29) is 11.7 Å². The highest BCUT2D eigenvalue weighted by Crippen LogP contribution is 2.47. The van der Waals surface area contributed by atoms with Crippen LogP contribution in [0, 0.1) is 5.41 Å². The second kappa shape index (κ2) is 4.57. The molecule has 0 aromatic heterocycles. The number of phenols is 1. The average molecular weight is 254 g/mol. The van der Waals surface area contributed by atoms with Crippen LogP contribution < -0.4 is 5.32 Å². The van der Waals surface area contributed by atoms with E-state index in [1.807, 2.05) is 0 Å². The highest BCUT2D eigenvalue weighted by molar-refractivity contribution is 6.33. The minimum atomic E-state index is -0.217. The zero-order valence-electron chi connectivity index (χ0n) is 9.79. The Morgan fingerprint density at radius 1 is 1.53 bits per heavy atom. The summed E-state index contributed by atoms with van der Waals surface area (Å²) in [5, 5.41) is 12.6. The maximum atomic E-state index is 11.9. The van der Waals surface area contributed by atoms with E-state index in [9.17, 15) is 9.90 Å². The van der Waals surface area contributed by atoms with E-state index in [1.54, 1.807) is 0 Å². The van der Waals surface area contributed by atoms with E-state index >= 15 is 0 Å². The molecule has 17 heavy (non-hydrogen) atoms. The van der Waals surface area contributed by atoms with Crippen LogP contribution in [0.1, 0.15) is 36.5 Å². The van der Waals surface area contributed by atoms with Crippen molar-refractivity contribution < 1.29 is 9.90 Å². The molecule has 1 aromatic rings. The highest BCUT2D eigenvalue weighted by Gasteiger charge is 2.40. The smallest absolute Gasteiger partial charge is 0.252 e. The summed E-state index contributed by atoms with van der Waals surface area (Å²) in [6, 6.07) is 4.38. The van der Waals surface area contributed by atoms with Gasteiger partial charge in [-0.05, 0) is 42.9 Å². The van der Waals surface area contributed by atoms with Gasteiger partial charge in [0.1, 0.15) is 5.75 Å². The minimum Gasteiger partial charge on any atom is -0.508 e. The SMILES string of the molecule is CCC1(CNC(=O)c2cc(O)ccc2Cl)CC1. The standard InChI is InChI=1S/C13H16ClNO2/c1-2-13(5-6-13)8-15-12(17)10-7-9(16)3-4-11(10)14/h3-4,7,16H,2,5-6,8H2,1H3,(H,15,17). The largest absolute Gasteiger partial charge is 0.508 e. The zero-order chi connectivity index (χ0) is 12.5. The van der Waals surface area contributed by atoms with Gasteiger partial charge in [0, 0.05) is 6.54 Å². The fraction of sp³-hybridized carbons (Fsp3) is 0.462. The van der Waals surface area contributed by atoms with Crippen molar-refractivity contribution in [2.24, 2.45) is 5.41 Å². The lowest BCUT2D eigenvalue weighted by atomic mass is 10.0. The van der Waals surface area contributed by atoms with Crippen molar-refractivity contribution >= 4 is 17.5 Å². The third kappa shape index (κ3) is 2.72. The molecule has 0 atom stereocenters. The van der Waals surface area contributed by atoms with Crippen LogP contribution >= 0.6 is 11.6 Å². The van der Waals surface area contributed by atoms with Crippen molar-refractivity contribution in [3.63, 3.8) is 0 Å². The molecule has 0 spiro atoms. The number of hydrogen-bond donors (Lipinski definition) is 2. The summed E-state index contributed by atoms with van der Waals surface area (Å²) in [5.41, 5.74) is 0.637. The number of rotatable bonds is 4. The first-order valence-electron chi connectivity index (χ1n) is 5.83. The quantitative estimate of drug-likeness (QED) is 0.867. The van der Waals surface area contributed by atoms with E-state index in [0.717, 1.165) is 6.42 Å². The Balaban J connectivity index is 2.02. The molecule has 1 saturated carbocycles. The lowest BCUT2D eigenvalue weighted by Gasteiger charge is -2.13. The van der Waals surface area contributed by atoms with Gasteiger partial charge in [-0.15, -0.1) is 0 Å². The summed E-state index contributed by atoms with van der Waals surface area (Å²) in [7, 11) is 0. The fourth-order valence-corrected chi connectivity index (χ4v) is 2.09. The topological polar surface area (TPSA) is 49.3 Å². The minimum absolute atomic E-state index is 0.0520. The van der Waals surface area contributed by atoms with Crippen LogP contribution in [0.4, 0.5) is 0 Å². The number of aromatic hydroxyl groups is 1. The summed E-state index contributed by atoms with van der Waals surface area (Å²) in [6.45, 7) is 2.83. The van der Waals surface area contributed by atoms with Gasteiger partial charge in [-0.25, -0.2) is 0 Å². The van der Waals surface area contributed by atoms with Gasteiger partial charge in [-0.1, -0.05) is 18.5 Å². The van der Waals surface area contributed by atoms with Crippen molar-refractivity contribution in [2.75, 3.05) is 6.54 Å². The number of hydrogen-bond acceptors (Lipinski definition) is 2. The molecule has 3 nitrogen and oxygen atoms in total. The van der Waals surface area contributed by atoms with Crippen LogP contribution in [0.15, 0.2) is 18.2 Å². The number of carbonyl (C=O) groups is 1. The van der Waals surface area contributed by atoms with E-state index in [1.165, 1.54) is 31.0 Å².